The fraction of sp³-hybridized carbons (Fsp3) is 0.316. The lowest BCUT2D eigenvalue weighted by molar-refractivity contribution is 0.249. The summed E-state index contributed by atoms with van der Waals surface area (Å²) in [6, 6.07) is 16.2. The standard InChI is InChI=1S/C19H20ClN3/c1-15-6-7-18(20)12-19(15)23-10-8-22(9-11-23)14-17-5-3-2-4-16(17)13-21/h2-7,12H,8-11,14H2,1H3. The molecular formula is C19H20ClN3. The molecule has 3 nitrogen and oxygen atoms in total. The fourth-order valence-electron chi connectivity index (χ4n) is 3.08. The van der Waals surface area contributed by atoms with Gasteiger partial charge in [-0.1, -0.05) is 35.9 Å². The predicted octanol–water partition coefficient (Wildman–Crippen LogP) is 3.84. The number of nitrogens with zero attached hydrogens (tertiary/aromatic N) is 3. The van der Waals surface area contributed by atoms with Crippen LogP contribution in [0.2, 0.25) is 5.02 Å². The van der Waals surface area contributed by atoms with E-state index in [1.165, 1.54) is 11.3 Å². The molecule has 3 rings (SSSR count). The molecule has 0 unspecified atom stereocenters. The molecule has 0 N–H and O–H groups in total. The van der Waals surface area contributed by atoms with Gasteiger partial charge in [-0.25, -0.2) is 0 Å². The number of halogens is 1. The van der Waals surface area contributed by atoms with Gasteiger partial charge in [0.15, 0.2) is 0 Å². The molecule has 4 heteroatoms. The molecule has 1 fully saturated rings. The molecular weight excluding hydrogens is 306 g/mol. The van der Waals surface area contributed by atoms with Gasteiger partial charge in [-0.05, 0) is 36.2 Å². The van der Waals surface area contributed by atoms with Crippen LogP contribution in [0.1, 0.15) is 16.7 Å². The SMILES string of the molecule is Cc1ccc(Cl)cc1N1CCN(Cc2ccccc2C#N)CC1. The summed E-state index contributed by atoms with van der Waals surface area (Å²) in [5.74, 6) is 0. The van der Waals surface area contributed by atoms with Gasteiger partial charge in [-0.15, -0.1) is 0 Å². The summed E-state index contributed by atoms with van der Waals surface area (Å²) in [5, 5.41) is 9.99. The number of anilines is 1. The largest absolute Gasteiger partial charge is 0.369 e. The highest BCUT2D eigenvalue weighted by Crippen LogP contribution is 2.25. The Kier molecular flexibility index (Phi) is 4.85. The van der Waals surface area contributed by atoms with E-state index in [-0.39, 0.29) is 0 Å². The maximum Gasteiger partial charge on any atom is 0.0995 e. The highest BCUT2D eigenvalue weighted by atomic mass is 35.5. The summed E-state index contributed by atoms with van der Waals surface area (Å²) in [6.07, 6.45) is 0. The van der Waals surface area contributed by atoms with Gasteiger partial charge in [0.1, 0.15) is 0 Å². The van der Waals surface area contributed by atoms with Crippen molar-refractivity contribution in [1.29, 1.82) is 5.26 Å². The van der Waals surface area contributed by atoms with Crippen molar-refractivity contribution < 1.29 is 0 Å². The number of hydrogen-bond acceptors (Lipinski definition) is 3. The summed E-state index contributed by atoms with van der Waals surface area (Å²) >= 11 is 6.14. The van der Waals surface area contributed by atoms with Crippen molar-refractivity contribution in [3.8, 4) is 6.07 Å². The van der Waals surface area contributed by atoms with Crippen LogP contribution in [0.4, 0.5) is 5.69 Å². The lowest BCUT2D eigenvalue weighted by Gasteiger charge is -2.37. The summed E-state index contributed by atoms with van der Waals surface area (Å²) in [5.41, 5.74) is 4.38. The van der Waals surface area contributed by atoms with Gasteiger partial charge in [-0.2, -0.15) is 5.26 Å². The van der Waals surface area contributed by atoms with Crippen molar-refractivity contribution in [3.63, 3.8) is 0 Å². The molecule has 1 aliphatic heterocycles. The van der Waals surface area contributed by atoms with Crippen molar-refractivity contribution in [1.82, 2.24) is 4.90 Å². The van der Waals surface area contributed by atoms with E-state index in [2.05, 4.69) is 34.9 Å². The number of benzene rings is 2. The Bertz CT molecular complexity index is 728. The zero-order valence-electron chi connectivity index (χ0n) is 13.3. The van der Waals surface area contributed by atoms with Crippen molar-refractivity contribution in [3.05, 3.63) is 64.2 Å². The molecule has 0 aromatic heterocycles. The van der Waals surface area contributed by atoms with E-state index >= 15 is 0 Å². The summed E-state index contributed by atoms with van der Waals surface area (Å²) in [7, 11) is 0. The third-order valence-electron chi connectivity index (χ3n) is 4.42. The van der Waals surface area contributed by atoms with Crippen LogP contribution < -0.4 is 4.90 Å². The van der Waals surface area contributed by atoms with Gasteiger partial charge in [0.25, 0.3) is 0 Å². The molecule has 0 bridgehead atoms. The van der Waals surface area contributed by atoms with Crippen LogP contribution in [0.3, 0.4) is 0 Å². The van der Waals surface area contributed by atoms with E-state index in [4.69, 9.17) is 11.6 Å². The number of aryl methyl sites for hydroxylation is 1. The molecule has 0 amide bonds. The molecule has 0 spiro atoms. The third kappa shape index (κ3) is 3.67. The van der Waals surface area contributed by atoms with Gasteiger partial charge in [0, 0.05) is 43.4 Å². The van der Waals surface area contributed by atoms with Gasteiger partial charge in [0.2, 0.25) is 0 Å². The zero-order chi connectivity index (χ0) is 16.2. The first-order chi connectivity index (χ1) is 11.2. The maximum atomic E-state index is 9.21. The monoisotopic (exact) mass is 325 g/mol. The second-order valence-corrected chi connectivity index (χ2v) is 6.40. The number of hydrogen-bond donors (Lipinski definition) is 0. The molecule has 23 heavy (non-hydrogen) atoms. The van der Waals surface area contributed by atoms with E-state index in [9.17, 15) is 5.26 Å². The Morgan fingerprint density at radius 3 is 2.57 bits per heavy atom. The number of nitriles is 1. The highest BCUT2D eigenvalue weighted by Gasteiger charge is 2.19. The Balaban J connectivity index is 1.65. The van der Waals surface area contributed by atoms with Crippen LogP contribution in [0.25, 0.3) is 0 Å². The topological polar surface area (TPSA) is 30.3 Å². The van der Waals surface area contributed by atoms with Crippen molar-refractivity contribution >= 4 is 17.3 Å². The first-order valence-corrected chi connectivity index (χ1v) is 8.26. The average molecular weight is 326 g/mol. The van der Waals surface area contributed by atoms with E-state index in [0.717, 1.165) is 48.9 Å². The summed E-state index contributed by atoms with van der Waals surface area (Å²) in [6.45, 7) is 6.91. The second-order valence-electron chi connectivity index (χ2n) is 5.96. The predicted molar refractivity (Wildman–Crippen MR) is 94.8 cm³/mol. The van der Waals surface area contributed by atoms with Crippen LogP contribution in [0.15, 0.2) is 42.5 Å². The Morgan fingerprint density at radius 1 is 1.09 bits per heavy atom. The molecule has 0 saturated carbocycles. The number of rotatable bonds is 3. The van der Waals surface area contributed by atoms with Crippen LogP contribution in [0.5, 0.6) is 0 Å². The molecule has 1 heterocycles. The zero-order valence-corrected chi connectivity index (χ0v) is 14.1. The second kappa shape index (κ2) is 7.04. The smallest absolute Gasteiger partial charge is 0.0995 e. The van der Waals surface area contributed by atoms with Crippen LogP contribution in [-0.2, 0) is 6.54 Å². The Morgan fingerprint density at radius 2 is 1.83 bits per heavy atom. The van der Waals surface area contributed by atoms with Crippen LogP contribution in [0, 0.1) is 18.3 Å². The third-order valence-corrected chi connectivity index (χ3v) is 4.65. The van der Waals surface area contributed by atoms with Gasteiger partial charge < -0.3 is 4.90 Å². The molecule has 118 valence electrons. The minimum Gasteiger partial charge on any atom is -0.369 e. The molecule has 1 saturated heterocycles. The number of piperazine rings is 1. The summed E-state index contributed by atoms with van der Waals surface area (Å²) in [4.78, 5) is 4.81. The quantitative estimate of drug-likeness (QED) is 0.859. The van der Waals surface area contributed by atoms with E-state index in [1.54, 1.807) is 0 Å². The average Bonchev–Trinajstić information content (AvgIpc) is 2.58. The lowest BCUT2D eigenvalue weighted by Crippen LogP contribution is -2.46. The Labute approximate surface area is 142 Å². The Hall–Kier alpha value is -2.02. The van der Waals surface area contributed by atoms with Crippen molar-refractivity contribution in [2.75, 3.05) is 31.1 Å². The van der Waals surface area contributed by atoms with Crippen molar-refractivity contribution in [2.24, 2.45) is 0 Å². The maximum absolute atomic E-state index is 9.21. The summed E-state index contributed by atoms with van der Waals surface area (Å²) < 4.78 is 0. The molecule has 2 aromatic rings. The van der Waals surface area contributed by atoms with E-state index in [0.29, 0.717) is 0 Å². The van der Waals surface area contributed by atoms with Crippen LogP contribution in [-0.4, -0.2) is 31.1 Å². The first-order valence-electron chi connectivity index (χ1n) is 7.89. The minimum atomic E-state index is 0.778. The first kappa shape index (κ1) is 15.9. The van der Waals surface area contributed by atoms with E-state index in [1.807, 2.05) is 30.3 Å². The molecule has 0 radical (unpaired) electrons. The molecule has 2 aromatic carbocycles. The highest BCUT2D eigenvalue weighted by molar-refractivity contribution is 6.30. The molecule has 0 aliphatic carbocycles. The van der Waals surface area contributed by atoms with E-state index < -0.39 is 0 Å². The fourth-order valence-corrected chi connectivity index (χ4v) is 3.24. The minimum absolute atomic E-state index is 0.778. The molecule has 1 aliphatic rings. The van der Waals surface area contributed by atoms with Crippen LogP contribution >= 0.6 is 11.6 Å². The normalized spacial score (nSPS) is 15.4. The lowest BCUT2D eigenvalue weighted by atomic mass is 10.1. The van der Waals surface area contributed by atoms with Crippen molar-refractivity contribution in [2.45, 2.75) is 13.5 Å². The molecule has 0 atom stereocenters. The van der Waals surface area contributed by atoms with Gasteiger partial charge in [0.05, 0.1) is 11.6 Å². The van der Waals surface area contributed by atoms with Gasteiger partial charge >= 0.3 is 0 Å². The van der Waals surface area contributed by atoms with Gasteiger partial charge in [-0.3, -0.25) is 4.90 Å².